The Kier molecular flexibility index (Phi) is 4.52. The lowest BCUT2D eigenvalue weighted by Gasteiger charge is -2.14. The quantitative estimate of drug-likeness (QED) is 0.882. The molecule has 21 heavy (non-hydrogen) atoms. The van der Waals surface area contributed by atoms with E-state index >= 15 is 0 Å². The normalized spacial score (nSPS) is 11.4. The molecule has 2 N–H and O–H groups in total. The van der Waals surface area contributed by atoms with Crippen LogP contribution in [0.25, 0.3) is 0 Å². The molecular weight excluding hydrogens is 288 g/mol. The average molecular weight is 306 g/mol. The minimum absolute atomic E-state index is 0.0599. The van der Waals surface area contributed by atoms with Gasteiger partial charge in [-0.2, -0.15) is 0 Å². The Balaban J connectivity index is 1.86. The van der Waals surface area contributed by atoms with Crippen molar-refractivity contribution >= 4 is 23.1 Å². The van der Waals surface area contributed by atoms with Crippen molar-refractivity contribution in [3.63, 3.8) is 0 Å². The Morgan fingerprint density at radius 1 is 1.33 bits per heavy atom. The van der Waals surface area contributed by atoms with Crippen LogP contribution in [0.2, 0.25) is 0 Å². The molecular formula is C14H18N4O2S. The number of hydrogen-bond donors (Lipinski definition) is 2. The van der Waals surface area contributed by atoms with Crippen LogP contribution in [0.4, 0.5) is 5.82 Å². The number of hydrogen-bond acceptors (Lipinski definition) is 6. The predicted molar refractivity (Wildman–Crippen MR) is 82.0 cm³/mol. The third-order valence-corrected chi connectivity index (χ3v) is 3.74. The van der Waals surface area contributed by atoms with E-state index in [1.165, 1.54) is 12.4 Å². The highest BCUT2D eigenvalue weighted by Crippen LogP contribution is 2.23. The number of nitrogens with one attached hydrogen (secondary N) is 1. The van der Waals surface area contributed by atoms with Gasteiger partial charge in [0.2, 0.25) is 0 Å². The van der Waals surface area contributed by atoms with Crippen molar-refractivity contribution in [1.82, 2.24) is 15.0 Å². The number of rotatable bonds is 5. The van der Waals surface area contributed by atoms with Crippen LogP contribution in [0.5, 0.6) is 0 Å². The summed E-state index contributed by atoms with van der Waals surface area (Å²) >= 11 is 1.65. The Bertz CT molecular complexity index is 617. The van der Waals surface area contributed by atoms with Gasteiger partial charge in [0.25, 0.3) is 0 Å². The lowest BCUT2D eigenvalue weighted by Crippen LogP contribution is -2.12. The van der Waals surface area contributed by atoms with E-state index in [0.29, 0.717) is 12.4 Å². The molecule has 0 saturated carbocycles. The fourth-order valence-electron chi connectivity index (χ4n) is 1.60. The second-order valence-corrected chi connectivity index (χ2v) is 6.59. The summed E-state index contributed by atoms with van der Waals surface area (Å²) in [6.45, 7) is 7.11. The van der Waals surface area contributed by atoms with Crippen LogP contribution in [-0.4, -0.2) is 32.6 Å². The summed E-state index contributed by atoms with van der Waals surface area (Å²) in [4.78, 5) is 23.1. The molecule has 0 fully saturated rings. The zero-order chi connectivity index (χ0) is 15.5. The van der Waals surface area contributed by atoms with Crippen molar-refractivity contribution < 1.29 is 9.90 Å². The Hall–Kier alpha value is -2.02. The molecule has 0 saturated heterocycles. The van der Waals surface area contributed by atoms with Crippen LogP contribution < -0.4 is 5.32 Å². The van der Waals surface area contributed by atoms with Crippen molar-refractivity contribution in [3.05, 3.63) is 34.2 Å². The molecule has 112 valence electrons. The summed E-state index contributed by atoms with van der Waals surface area (Å²) in [5, 5.41) is 15.0. The van der Waals surface area contributed by atoms with Gasteiger partial charge in [0, 0.05) is 23.8 Å². The minimum atomic E-state index is -1.08. The highest BCUT2D eigenvalue weighted by Gasteiger charge is 2.17. The first-order valence-corrected chi connectivity index (χ1v) is 7.48. The van der Waals surface area contributed by atoms with Crippen LogP contribution in [0.3, 0.4) is 0 Å². The minimum Gasteiger partial charge on any atom is -0.476 e. The summed E-state index contributed by atoms with van der Waals surface area (Å²) in [6, 6.07) is 0. The number of anilines is 1. The SMILES string of the molecule is CC(C)(C)c1csc(CCNc2cnc(C(=O)O)cn2)n1. The predicted octanol–water partition coefficient (Wildman–Crippen LogP) is 2.58. The number of carboxylic acid groups (broad SMARTS) is 1. The monoisotopic (exact) mass is 306 g/mol. The first-order chi connectivity index (χ1) is 9.86. The van der Waals surface area contributed by atoms with Gasteiger partial charge in [-0.3, -0.25) is 0 Å². The van der Waals surface area contributed by atoms with E-state index in [1.807, 2.05) is 0 Å². The fraction of sp³-hybridized carbons (Fsp3) is 0.429. The van der Waals surface area contributed by atoms with Gasteiger partial charge in [-0.05, 0) is 0 Å². The zero-order valence-corrected chi connectivity index (χ0v) is 13.1. The Labute approximate surface area is 127 Å². The average Bonchev–Trinajstić information content (AvgIpc) is 2.88. The first kappa shape index (κ1) is 15.4. The smallest absolute Gasteiger partial charge is 0.356 e. The first-order valence-electron chi connectivity index (χ1n) is 6.60. The molecule has 7 heteroatoms. The summed E-state index contributed by atoms with van der Waals surface area (Å²) in [6.07, 6.45) is 3.46. The van der Waals surface area contributed by atoms with E-state index in [4.69, 9.17) is 5.11 Å². The van der Waals surface area contributed by atoms with Gasteiger partial charge in [0.15, 0.2) is 5.69 Å². The Morgan fingerprint density at radius 3 is 2.62 bits per heavy atom. The number of nitrogens with zero attached hydrogens (tertiary/aromatic N) is 3. The van der Waals surface area contributed by atoms with E-state index in [1.54, 1.807) is 11.3 Å². The maximum absolute atomic E-state index is 10.7. The Morgan fingerprint density at radius 2 is 2.10 bits per heavy atom. The van der Waals surface area contributed by atoms with E-state index in [9.17, 15) is 4.79 Å². The van der Waals surface area contributed by atoms with Crippen LogP contribution in [0.15, 0.2) is 17.8 Å². The number of aromatic carboxylic acids is 1. The van der Waals surface area contributed by atoms with Gasteiger partial charge >= 0.3 is 5.97 Å². The van der Waals surface area contributed by atoms with E-state index in [0.717, 1.165) is 17.1 Å². The summed E-state index contributed by atoms with van der Waals surface area (Å²) in [5.74, 6) is -0.515. The van der Waals surface area contributed by atoms with Gasteiger partial charge in [-0.1, -0.05) is 20.8 Å². The lowest BCUT2D eigenvalue weighted by molar-refractivity contribution is 0.0690. The van der Waals surface area contributed by atoms with Gasteiger partial charge in [0.05, 0.1) is 23.1 Å². The van der Waals surface area contributed by atoms with Gasteiger partial charge in [-0.15, -0.1) is 11.3 Å². The van der Waals surface area contributed by atoms with Crippen LogP contribution in [0, 0.1) is 0 Å². The molecule has 0 unspecified atom stereocenters. The standard InChI is InChI=1S/C14H18N4O2S/c1-14(2,3)10-8-21-12(18-10)4-5-15-11-7-16-9(6-17-11)13(19)20/h6-8H,4-5H2,1-3H3,(H,15,17)(H,19,20). The van der Waals surface area contributed by atoms with E-state index in [2.05, 4.69) is 46.4 Å². The largest absolute Gasteiger partial charge is 0.476 e. The van der Waals surface area contributed by atoms with Gasteiger partial charge < -0.3 is 10.4 Å². The molecule has 0 atom stereocenters. The molecule has 0 aliphatic heterocycles. The molecule has 0 aliphatic rings. The summed E-state index contributed by atoms with van der Waals surface area (Å²) in [5.41, 5.74) is 1.11. The number of carbonyl (C=O) groups is 1. The van der Waals surface area contributed by atoms with E-state index < -0.39 is 5.97 Å². The molecule has 6 nitrogen and oxygen atoms in total. The van der Waals surface area contributed by atoms with Crippen LogP contribution in [0.1, 0.15) is 42.0 Å². The van der Waals surface area contributed by atoms with Crippen molar-refractivity contribution in [3.8, 4) is 0 Å². The van der Waals surface area contributed by atoms with E-state index in [-0.39, 0.29) is 11.1 Å². The van der Waals surface area contributed by atoms with Crippen molar-refractivity contribution in [2.24, 2.45) is 0 Å². The van der Waals surface area contributed by atoms with Crippen molar-refractivity contribution in [1.29, 1.82) is 0 Å². The van der Waals surface area contributed by atoms with Crippen molar-refractivity contribution in [2.75, 3.05) is 11.9 Å². The lowest BCUT2D eigenvalue weighted by atomic mass is 9.93. The number of thiazole rings is 1. The molecule has 0 aliphatic carbocycles. The van der Waals surface area contributed by atoms with Crippen LogP contribution >= 0.6 is 11.3 Å². The second kappa shape index (κ2) is 6.17. The topological polar surface area (TPSA) is 88.0 Å². The second-order valence-electron chi connectivity index (χ2n) is 5.65. The maximum atomic E-state index is 10.7. The van der Waals surface area contributed by atoms with Crippen LogP contribution in [-0.2, 0) is 11.8 Å². The third-order valence-electron chi connectivity index (χ3n) is 2.84. The molecule has 2 heterocycles. The maximum Gasteiger partial charge on any atom is 0.356 e. The highest BCUT2D eigenvalue weighted by molar-refractivity contribution is 7.09. The molecule has 0 spiro atoms. The molecule has 2 rings (SSSR count). The third kappa shape index (κ3) is 4.22. The molecule has 0 aromatic carbocycles. The molecule has 0 radical (unpaired) electrons. The molecule has 0 amide bonds. The number of carboxylic acids is 1. The zero-order valence-electron chi connectivity index (χ0n) is 12.3. The van der Waals surface area contributed by atoms with Gasteiger partial charge in [0.1, 0.15) is 5.82 Å². The van der Waals surface area contributed by atoms with Crippen molar-refractivity contribution in [2.45, 2.75) is 32.6 Å². The summed E-state index contributed by atoms with van der Waals surface area (Å²) < 4.78 is 0. The fourth-order valence-corrected chi connectivity index (χ4v) is 2.62. The summed E-state index contributed by atoms with van der Waals surface area (Å²) in [7, 11) is 0. The highest BCUT2D eigenvalue weighted by atomic mass is 32.1. The number of aromatic nitrogens is 3. The molecule has 2 aromatic rings. The molecule has 0 bridgehead atoms. The molecule has 2 aromatic heterocycles. The van der Waals surface area contributed by atoms with Gasteiger partial charge in [-0.25, -0.2) is 19.7 Å².